The van der Waals surface area contributed by atoms with Gasteiger partial charge in [0.05, 0.1) is 11.9 Å². The summed E-state index contributed by atoms with van der Waals surface area (Å²) in [5.41, 5.74) is 0.975. The highest BCUT2D eigenvalue weighted by Crippen LogP contribution is 2.31. The molecule has 0 radical (unpaired) electrons. The lowest BCUT2D eigenvalue weighted by Gasteiger charge is -2.18. The molecule has 1 unspecified atom stereocenters. The molecule has 26 heavy (non-hydrogen) atoms. The van der Waals surface area contributed by atoms with Crippen molar-refractivity contribution in [1.82, 2.24) is 24.8 Å². The Morgan fingerprint density at radius 3 is 2.85 bits per heavy atom. The molecule has 1 aliphatic heterocycles. The first-order valence-corrected chi connectivity index (χ1v) is 9.41. The van der Waals surface area contributed by atoms with E-state index >= 15 is 0 Å². The summed E-state index contributed by atoms with van der Waals surface area (Å²) in [4.78, 5) is 31.6. The maximum Gasteiger partial charge on any atom is 0.228 e. The molecule has 0 spiro atoms. The largest absolute Gasteiger partial charge is 0.342 e. The molecule has 1 atom stereocenters. The second-order valence-electron chi connectivity index (χ2n) is 7.20. The number of carbonyl (C=O) groups is 1. The lowest BCUT2D eigenvalue weighted by atomic mass is 10.0. The van der Waals surface area contributed by atoms with Gasteiger partial charge in [-0.2, -0.15) is 0 Å². The summed E-state index contributed by atoms with van der Waals surface area (Å²) in [5.74, 6) is 2.31. The second-order valence-corrected chi connectivity index (χ2v) is 7.20. The van der Waals surface area contributed by atoms with Crippen molar-refractivity contribution < 1.29 is 4.79 Å². The molecule has 136 valence electrons. The van der Waals surface area contributed by atoms with Gasteiger partial charge in [-0.25, -0.2) is 15.0 Å². The zero-order valence-electron chi connectivity index (χ0n) is 14.8. The van der Waals surface area contributed by atoms with Crippen LogP contribution >= 0.6 is 0 Å². The van der Waals surface area contributed by atoms with Crippen molar-refractivity contribution in [3.63, 3.8) is 0 Å². The molecule has 2 fully saturated rings. The smallest absolute Gasteiger partial charge is 0.228 e. The van der Waals surface area contributed by atoms with Crippen LogP contribution in [0.5, 0.6) is 0 Å². The van der Waals surface area contributed by atoms with E-state index in [4.69, 9.17) is 0 Å². The zero-order chi connectivity index (χ0) is 17.8. The van der Waals surface area contributed by atoms with Crippen LogP contribution in [0, 0.1) is 5.92 Å². The van der Waals surface area contributed by atoms with Crippen LogP contribution in [0.1, 0.15) is 50.1 Å². The van der Waals surface area contributed by atoms with Crippen LogP contribution < -0.4 is 5.32 Å². The lowest BCUT2D eigenvalue weighted by Crippen LogP contribution is -2.29. The third kappa shape index (κ3) is 3.98. The van der Waals surface area contributed by atoms with Crippen LogP contribution in [-0.4, -0.2) is 43.8 Å². The van der Waals surface area contributed by atoms with E-state index in [9.17, 15) is 4.79 Å². The van der Waals surface area contributed by atoms with Crippen LogP contribution in [0.3, 0.4) is 0 Å². The normalized spacial score (nSPS) is 20.5. The highest BCUT2D eigenvalue weighted by Gasteiger charge is 2.30. The van der Waals surface area contributed by atoms with Crippen LogP contribution in [-0.2, 0) is 4.79 Å². The van der Waals surface area contributed by atoms with Crippen molar-refractivity contribution in [1.29, 1.82) is 0 Å². The molecule has 7 nitrogen and oxygen atoms in total. The van der Waals surface area contributed by atoms with Gasteiger partial charge in [-0.15, -0.1) is 0 Å². The molecular weight excluding hydrogens is 328 g/mol. The Morgan fingerprint density at radius 1 is 1.15 bits per heavy atom. The van der Waals surface area contributed by atoms with Gasteiger partial charge < -0.3 is 10.2 Å². The van der Waals surface area contributed by atoms with Crippen molar-refractivity contribution in [3.05, 3.63) is 36.5 Å². The molecule has 3 heterocycles. The number of likely N-dealkylation sites (tertiary alicyclic amines) is 1. The number of hydrogen-bond donors (Lipinski definition) is 1. The standard InChI is InChI=1S/C19H24N6O/c26-18(11-14-3-1-2-4-14)25-10-6-15(13-25)16-5-7-22-19(23-16)24-17-12-20-8-9-21-17/h5,7-9,12,14-15H,1-4,6,10-11,13H2,(H,21,22,23,24). The minimum Gasteiger partial charge on any atom is -0.342 e. The molecule has 2 aromatic heterocycles. The minimum atomic E-state index is 0.271. The first-order valence-electron chi connectivity index (χ1n) is 9.41. The van der Waals surface area contributed by atoms with Crippen LogP contribution in [0.2, 0.25) is 0 Å². The van der Waals surface area contributed by atoms with Crippen LogP contribution in [0.4, 0.5) is 11.8 Å². The molecule has 2 aromatic rings. The quantitative estimate of drug-likeness (QED) is 0.891. The van der Waals surface area contributed by atoms with Gasteiger partial charge in [-0.3, -0.25) is 9.78 Å². The van der Waals surface area contributed by atoms with E-state index in [1.165, 1.54) is 25.7 Å². The maximum absolute atomic E-state index is 12.6. The number of amides is 1. The van der Waals surface area contributed by atoms with Crippen molar-refractivity contribution in [2.75, 3.05) is 18.4 Å². The number of carbonyl (C=O) groups excluding carboxylic acids is 1. The Kier molecular flexibility index (Phi) is 5.04. The molecule has 2 aliphatic rings. The topological polar surface area (TPSA) is 83.9 Å². The fourth-order valence-corrected chi connectivity index (χ4v) is 3.96. The highest BCUT2D eigenvalue weighted by molar-refractivity contribution is 5.76. The van der Waals surface area contributed by atoms with Crippen molar-refractivity contribution >= 4 is 17.7 Å². The maximum atomic E-state index is 12.6. The number of anilines is 2. The summed E-state index contributed by atoms with van der Waals surface area (Å²) in [6.07, 6.45) is 13.3. The van der Waals surface area contributed by atoms with Gasteiger partial charge in [0.1, 0.15) is 0 Å². The molecule has 1 aliphatic carbocycles. The van der Waals surface area contributed by atoms with Gasteiger partial charge in [0.15, 0.2) is 5.82 Å². The third-order valence-electron chi connectivity index (χ3n) is 5.38. The molecule has 1 N–H and O–H groups in total. The Balaban J connectivity index is 1.37. The van der Waals surface area contributed by atoms with Crippen LogP contribution in [0.25, 0.3) is 0 Å². The van der Waals surface area contributed by atoms with Crippen molar-refractivity contribution in [3.8, 4) is 0 Å². The lowest BCUT2D eigenvalue weighted by molar-refractivity contribution is -0.131. The van der Waals surface area contributed by atoms with Crippen molar-refractivity contribution in [2.45, 2.75) is 44.4 Å². The molecule has 0 bridgehead atoms. The van der Waals surface area contributed by atoms with Gasteiger partial charge in [0, 0.05) is 44.0 Å². The number of nitrogens with zero attached hydrogens (tertiary/aromatic N) is 5. The Hall–Kier alpha value is -2.57. The van der Waals surface area contributed by atoms with Crippen molar-refractivity contribution in [2.24, 2.45) is 5.92 Å². The van der Waals surface area contributed by atoms with E-state index < -0.39 is 0 Å². The first kappa shape index (κ1) is 16.9. The minimum absolute atomic E-state index is 0.271. The van der Waals surface area contributed by atoms with Gasteiger partial charge in [0.2, 0.25) is 11.9 Å². The fourth-order valence-electron chi connectivity index (χ4n) is 3.96. The molecule has 0 aromatic carbocycles. The molecular formula is C19H24N6O. The second kappa shape index (κ2) is 7.76. The van der Waals surface area contributed by atoms with Gasteiger partial charge >= 0.3 is 0 Å². The average Bonchev–Trinajstić information content (AvgIpc) is 3.35. The third-order valence-corrected chi connectivity index (χ3v) is 5.38. The Morgan fingerprint density at radius 2 is 2.04 bits per heavy atom. The van der Waals surface area contributed by atoms with Gasteiger partial charge in [-0.1, -0.05) is 12.8 Å². The molecule has 1 amide bonds. The highest BCUT2D eigenvalue weighted by atomic mass is 16.2. The monoisotopic (exact) mass is 352 g/mol. The molecule has 7 heteroatoms. The van der Waals surface area contributed by atoms with E-state index in [0.29, 0.717) is 23.6 Å². The van der Waals surface area contributed by atoms with Gasteiger partial charge in [-0.05, 0) is 31.2 Å². The SMILES string of the molecule is O=C(CC1CCCC1)N1CCC(c2ccnc(Nc3cnccn3)n2)C1. The molecule has 4 rings (SSSR count). The summed E-state index contributed by atoms with van der Waals surface area (Å²) in [6, 6.07) is 1.94. The van der Waals surface area contributed by atoms with E-state index in [1.807, 2.05) is 11.0 Å². The van der Waals surface area contributed by atoms with E-state index in [0.717, 1.165) is 31.6 Å². The zero-order valence-corrected chi connectivity index (χ0v) is 14.8. The molecule has 1 saturated carbocycles. The summed E-state index contributed by atoms with van der Waals surface area (Å²) >= 11 is 0. The van der Waals surface area contributed by atoms with E-state index in [1.54, 1.807) is 24.8 Å². The summed E-state index contributed by atoms with van der Waals surface area (Å²) in [7, 11) is 0. The van der Waals surface area contributed by atoms with E-state index in [-0.39, 0.29) is 5.92 Å². The predicted molar refractivity (Wildman–Crippen MR) is 97.9 cm³/mol. The average molecular weight is 352 g/mol. The Labute approximate surface area is 153 Å². The summed E-state index contributed by atoms with van der Waals surface area (Å²) < 4.78 is 0. The van der Waals surface area contributed by atoms with E-state index in [2.05, 4.69) is 25.3 Å². The number of hydrogen-bond acceptors (Lipinski definition) is 6. The fraction of sp³-hybridized carbons (Fsp3) is 0.526. The summed E-state index contributed by atoms with van der Waals surface area (Å²) in [5, 5.41) is 3.07. The first-order chi connectivity index (χ1) is 12.8. The van der Waals surface area contributed by atoms with Crippen LogP contribution in [0.15, 0.2) is 30.9 Å². The number of aromatic nitrogens is 4. The number of nitrogens with one attached hydrogen (secondary N) is 1. The number of rotatable bonds is 5. The Bertz CT molecular complexity index is 747. The van der Waals surface area contributed by atoms with Gasteiger partial charge in [0.25, 0.3) is 0 Å². The molecule has 1 saturated heterocycles. The predicted octanol–water partition coefficient (Wildman–Crippen LogP) is 2.91. The summed E-state index contributed by atoms with van der Waals surface area (Å²) in [6.45, 7) is 1.58.